The normalized spacial score (nSPS) is 19.3. The number of aryl methyl sites for hydroxylation is 1. The van der Waals surface area contributed by atoms with E-state index in [-0.39, 0.29) is 36.9 Å². The number of anilines is 1. The first-order valence-electron chi connectivity index (χ1n) is 11.9. The molecule has 0 aliphatic carbocycles. The first-order chi connectivity index (χ1) is 17.0. The minimum atomic E-state index is -0.384. The predicted molar refractivity (Wildman–Crippen MR) is 128 cm³/mol. The van der Waals surface area contributed by atoms with E-state index < -0.39 is 0 Å². The minimum Gasteiger partial charge on any atom is -0.497 e. The van der Waals surface area contributed by atoms with Crippen molar-refractivity contribution in [3.63, 3.8) is 0 Å². The van der Waals surface area contributed by atoms with E-state index in [1.807, 2.05) is 35.2 Å². The largest absolute Gasteiger partial charge is 0.497 e. The fraction of sp³-hybridized carbons (Fsp3) is 0.423. The highest BCUT2D eigenvalue weighted by Gasteiger charge is 2.38. The van der Waals surface area contributed by atoms with Gasteiger partial charge in [-0.1, -0.05) is 12.1 Å². The number of amides is 3. The van der Waals surface area contributed by atoms with Crippen LogP contribution < -0.4 is 19.1 Å². The molecule has 0 N–H and O–H groups in total. The van der Waals surface area contributed by atoms with Crippen LogP contribution in [0.3, 0.4) is 0 Å². The molecule has 3 amide bonds. The van der Waals surface area contributed by atoms with Crippen LogP contribution in [0.25, 0.3) is 0 Å². The molecule has 2 aromatic carbocycles. The fourth-order valence-corrected chi connectivity index (χ4v) is 4.81. The highest BCUT2D eigenvalue weighted by Crippen LogP contribution is 2.37. The van der Waals surface area contributed by atoms with Crippen molar-refractivity contribution in [2.24, 2.45) is 5.92 Å². The first kappa shape index (κ1) is 23.0. The van der Waals surface area contributed by atoms with Gasteiger partial charge >= 0.3 is 0 Å². The summed E-state index contributed by atoms with van der Waals surface area (Å²) in [5.41, 5.74) is 1.80. The van der Waals surface area contributed by atoms with E-state index in [2.05, 4.69) is 0 Å². The predicted octanol–water partition coefficient (Wildman–Crippen LogP) is 2.08. The van der Waals surface area contributed by atoms with E-state index in [0.29, 0.717) is 62.8 Å². The molecule has 0 saturated carbocycles. The van der Waals surface area contributed by atoms with Crippen LogP contribution in [-0.2, 0) is 20.8 Å². The van der Waals surface area contributed by atoms with E-state index in [1.165, 1.54) is 0 Å². The van der Waals surface area contributed by atoms with Crippen molar-refractivity contribution in [3.8, 4) is 17.2 Å². The summed E-state index contributed by atoms with van der Waals surface area (Å²) in [6.45, 7) is 2.52. The quantitative estimate of drug-likeness (QED) is 0.631. The molecule has 0 bridgehead atoms. The van der Waals surface area contributed by atoms with Gasteiger partial charge in [-0.2, -0.15) is 0 Å². The molecule has 3 heterocycles. The summed E-state index contributed by atoms with van der Waals surface area (Å²) in [6, 6.07) is 13.1. The standard InChI is InChI=1S/C26H29N3O6/c1-33-21-6-2-18(3-7-21)4-9-24(30)27-10-12-28(13-11-27)26(32)19-14-25(31)29(16-19)20-5-8-22-23(15-20)35-17-34-22/h2-3,5-8,15,19H,4,9-14,16-17H2,1H3. The molecule has 9 heteroatoms. The van der Waals surface area contributed by atoms with Crippen molar-refractivity contribution in [2.75, 3.05) is 51.5 Å². The second-order valence-electron chi connectivity index (χ2n) is 9.00. The second kappa shape index (κ2) is 9.85. The molecule has 184 valence electrons. The van der Waals surface area contributed by atoms with Crippen molar-refractivity contribution in [3.05, 3.63) is 48.0 Å². The maximum Gasteiger partial charge on any atom is 0.231 e. The Balaban J connectivity index is 1.11. The summed E-state index contributed by atoms with van der Waals surface area (Å²) in [5, 5.41) is 0. The molecule has 3 aliphatic heterocycles. The van der Waals surface area contributed by atoms with Gasteiger partial charge in [0.25, 0.3) is 0 Å². The fourth-order valence-electron chi connectivity index (χ4n) is 4.81. The molecule has 2 saturated heterocycles. The molecule has 1 unspecified atom stereocenters. The third kappa shape index (κ3) is 4.89. The number of hydrogen-bond donors (Lipinski definition) is 0. The number of hydrogen-bond acceptors (Lipinski definition) is 6. The Kier molecular flexibility index (Phi) is 6.48. The van der Waals surface area contributed by atoms with Crippen LogP contribution in [-0.4, -0.2) is 74.1 Å². The number of carbonyl (C=O) groups excluding carboxylic acids is 3. The van der Waals surface area contributed by atoms with E-state index in [9.17, 15) is 14.4 Å². The van der Waals surface area contributed by atoms with Crippen LogP contribution in [0.15, 0.2) is 42.5 Å². The van der Waals surface area contributed by atoms with Crippen molar-refractivity contribution in [1.82, 2.24) is 9.80 Å². The van der Waals surface area contributed by atoms with Crippen LogP contribution in [0, 0.1) is 5.92 Å². The first-order valence-corrected chi connectivity index (χ1v) is 11.9. The van der Waals surface area contributed by atoms with Crippen LogP contribution in [0.5, 0.6) is 17.2 Å². The van der Waals surface area contributed by atoms with E-state index >= 15 is 0 Å². The molecule has 3 aliphatic rings. The number of fused-ring (bicyclic) bond motifs is 1. The van der Waals surface area contributed by atoms with Crippen molar-refractivity contribution < 1.29 is 28.6 Å². The molecule has 1 atom stereocenters. The van der Waals surface area contributed by atoms with Gasteiger partial charge in [-0.25, -0.2) is 0 Å². The van der Waals surface area contributed by atoms with Gasteiger partial charge in [0.1, 0.15) is 5.75 Å². The van der Waals surface area contributed by atoms with E-state index in [1.54, 1.807) is 29.0 Å². The number of nitrogens with zero attached hydrogens (tertiary/aromatic N) is 3. The minimum absolute atomic E-state index is 0.0214. The van der Waals surface area contributed by atoms with Gasteiger partial charge in [0.15, 0.2) is 11.5 Å². The highest BCUT2D eigenvalue weighted by molar-refractivity contribution is 6.00. The molecular weight excluding hydrogens is 450 g/mol. The topological polar surface area (TPSA) is 88.6 Å². The highest BCUT2D eigenvalue weighted by atomic mass is 16.7. The number of ether oxygens (including phenoxy) is 3. The van der Waals surface area contributed by atoms with E-state index in [0.717, 1.165) is 11.3 Å². The summed E-state index contributed by atoms with van der Waals surface area (Å²) >= 11 is 0. The molecular formula is C26H29N3O6. The van der Waals surface area contributed by atoms with Gasteiger partial charge in [0.2, 0.25) is 24.5 Å². The monoisotopic (exact) mass is 479 g/mol. The Morgan fingerprint density at radius 2 is 1.69 bits per heavy atom. The number of benzene rings is 2. The molecule has 0 radical (unpaired) electrons. The van der Waals surface area contributed by atoms with Crippen molar-refractivity contribution in [1.29, 1.82) is 0 Å². The summed E-state index contributed by atoms with van der Waals surface area (Å²) in [6.07, 6.45) is 1.29. The van der Waals surface area contributed by atoms with Gasteiger partial charge in [0.05, 0.1) is 13.0 Å². The van der Waals surface area contributed by atoms with E-state index in [4.69, 9.17) is 14.2 Å². The molecule has 9 nitrogen and oxygen atoms in total. The summed E-state index contributed by atoms with van der Waals surface area (Å²) in [7, 11) is 1.63. The van der Waals surface area contributed by atoms with Gasteiger partial charge in [-0.3, -0.25) is 14.4 Å². The molecule has 35 heavy (non-hydrogen) atoms. The van der Waals surface area contributed by atoms with Crippen LogP contribution in [0.2, 0.25) is 0 Å². The Morgan fingerprint density at radius 3 is 2.43 bits per heavy atom. The molecule has 0 aromatic heterocycles. The third-order valence-electron chi connectivity index (χ3n) is 6.87. The zero-order chi connectivity index (χ0) is 24.4. The molecule has 0 spiro atoms. The summed E-state index contributed by atoms with van der Waals surface area (Å²) in [4.78, 5) is 43.7. The van der Waals surface area contributed by atoms with Gasteiger partial charge in [-0.05, 0) is 36.2 Å². The SMILES string of the molecule is COc1ccc(CCC(=O)N2CCN(C(=O)C3CC(=O)N(c4ccc5c(c4)OCO5)C3)CC2)cc1. The lowest BCUT2D eigenvalue weighted by Gasteiger charge is -2.36. The number of carbonyl (C=O) groups is 3. The Hall–Kier alpha value is -3.75. The average molecular weight is 480 g/mol. The molecule has 5 rings (SSSR count). The Labute approximate surface area is 204 Å². The lowest BCUT2D eigenvalue weighted by molar-refractivity contribution is -0.142. The average Bonchev–Trinajstić information content (AvgIpc) is 3.53. The van der Waals surface area contributed by atoms with Crippen LogP contribution in [0.4, 0.5) is 5.69 Å². The summed E-state index contributed by atoms with van der Waals surface area (Å²) in [5.74, 6) is 1.68. The molecule has 2 fully saturated rings. The van der Waals surface area contributed by atoms with Crippen molar-refractivity contribution in [2.45, 2.75) is 19.3 Å². The number of piperazine rings is 1. The second-order valence-corrected chi connectivity index (χ2v) is 9.00. The van der Waals surface area contributed by atoms with Gasteiger partial charge in [0, 0.05) is 57.3 Å². The lowest BCUT2D eigenvalue weighted by atomic mass is 10.1. The zero-order valence-electron chi connectivity index (χ0n) is 19.8. The van der Waals surface area contributed by atoms with Gasteiger partial charge in [-0.15, -0.1) is 0 Å². The Bertz CT molecular complexity index is 1110. The lowest BCUT2D eigenvalue weighted by Crippen LogP contribution is -2.52. The van der Waals surface area contributed by atoms with Gasteiger partial charge < -0.3 is 28.9 Å². The zero-order valence-corrected chi connectivity index (χ0v) is 19.8. The summed E-state index contributed by atoms with van der Waals surface area (Å²) < 4.78 is 15.9. The van der Waals surface area contributed by atoms with Crippen molar-refractivity contribution >= 4 is 23.4 Å². The van der Waals surface area contributed by atoms with Crippen LogP contribution in [0.1, 0.15) is 18.4 Å². The Morgan fingerprint density at radius 1 is 0.971 bits per heavy atom. The number of rotatable bonds is 6. The molecule has 2 aromatic rings. The maximum atomic E-state index is 13.1. The third-order valence-corrected chi connectivity index (χ3v) is 6.87. The maximum absolute atomic E-state index is 13.1. The smallest absolute Gasteiger partial charge is 0.231 e. The van der Waals surface area contributed by atoms with Crippen LogP contribution >= 0.6 is 0 Å². The number of methoxy groups -OCH3 is 1.